The van der Waals surface area contributed by atoms with E-state index in [4.69, 9.17) is 0 Å². The minimum Gasteiger partial charge on any atom is -0.319 e. The Hall–Kier alpha value is -1.35. The Balaban J connectivity index is 2.31. The van der Waals surface area contributed by atoms with Crippen LogP contribution < -0.4 is 5.32 Å². The zero-order valence-corrected chi connectivity index (χ0v) is 12.1. The van der Waals surface area contributed by atoms with Crippen LogP contribution in [0.4, 0.5) is 0 Å². The number of hydrogen-bond donors (Lipinski definition) is 1. The van der Waals surface area contributed by atoms with Gasteiger partial charge in [-0.3, -0.25) is 10.1 Å². The van der Waals surface area contributed by atoms with Crippen LogP contribution in [0, 0.1) is 0 Å². The van der Waals surface area contributed by atoms with E-state index in [9.17, 15) is 4.79 Å². The molecule has 1 aromatic carbocycles. The summed E-state index contributed by atoms with van der Waals surface area (Å²) in [5, 5.41) is 3.48. The zero-order valence-electron chi connectivity index (χ0n) is 12.1. The normalized spacial score (nSPS) is 23.4. The molecule has 0 radical (unpaired) electrons. The molecule has 2 atom stereocenters. The van der Waals surface area contributed by atoms with Gasteiger partial charge in [0, 0.05) is 6.04 Å². The van der Waals surface area contributed by atoms with Gasteiger partial charge in [0.25, 0.3) is 0 Å². The molecule has 3 heteroatoms. The number of rotatable bonds is 5. The van der Waals surface area contributed by atoms with Crippen LogP contribution in [-0.4, -0.2) is 22.9 Å². The molecule has 0 saturated carbocycles. The van der Waals surface area contributed by atoms with E-state index in [1.54, 1.807) is 0 Å². The molecule has 1 aromatic rings. The summed E-state index contributed by atoms with van der Waals surface area (Å²) in [6.45, 7) is 6.37. The van der Waals surface area contributed by atoms with E-state index in [2.05, 4.69) is 43.1 Å². The van der Waals surface area contributed by atoms with Crippen molar-refractivity contribution in [2.45, 2.75) is 58.3 Å². The molecule has 0 spiro atoms. The summed E-state index contributed by atoms with van der Waals surface area (Å²) < 4.78 is 0. The highest BCUT2D eigenvalue weighted by Crippen LogP contribution is 2.30. The van der Waals surface area contributed by atoms with Crippen LogP contribution in [0.2, 0.25) is 0 Å². The smallest absolute Gasteiger partial charge is 0.241 e. The number of nitrogens with one attached hydrogen (secondary N) is 1. The number of amides is 1. The summed E-state index contributed by atoms with van der Waals surface area (Å²) in [4.78, 5) is 14.6. The second-order valence-corrected chi connectivity index (χ2v) is 5.16. The van der Waals surface area contributed by atoms with Crippen molar-refractivity contribution >= 4 is 5.91 Å². The molecular weight excluding hydrogens is 236 g/mol. The second-order valence-electron chi connectivity index (χ2n) is 5.16. The largest absolute Gasteiger partial charge is 0.319 e. The Morgan fingerprint density at radius 3 is 2.32 bits per heavy atom. The van der Waals surface area contributed by atoms with E-state index in [0.717, 1.165) is 19.3 Å². The van der Waals surface area contributed by atoms with Gasteiger partial charge in [-0.05, 0) is 24.8 Å². The molecule has 0 bridgehead atoms. The number of carbonyl (C=O) groups excluding carboxylic acids is 1. The van der Waals surface area contributed by atoms with Crippen LogP contribution >= 0.6 is 0 Å². The lowest BCUT2D eigenvalue weighted by molar-refractivity contribution is -0.132. The van der Waals surface area contributed by atoms with Crippen LogP contribution in [-0.2, 0) is 4.79 Å². The van der Waals surface area contributed by atoms with Crippen molar-refractivity contribution in [1.29, 1.82) is 0 Å². The number of carbonyl (C=O) groups is 1. The molecule has 1 N–H and O–H groups in total. The fourth-order valence-corrected chi connectivity index (χ4v) is 2.91. The fraction of sp³-hybridized carbons (Fsp3) is 0.562. The first kappa shape index (κ1) is 14.1. The van der Waals surface area contributed by atoms with Gasteiger partial charge < -0.3 is 4.90 Å². The lowest BCUT2D eigenvalue weighted by atomic mass is 10.1. The van der Waals surface area contributed by atoms with Gasteiger partial charge in [0.05, 0.1) is 6.04 Å². The van der Waals surface area contributed by atoms with Crippen molar-refractivity contribution in [3.63, 3.8) is 0 Å². The monoisotopic (exact) mass is 260 g/mol. The maximum absolute atomic E-state index is 12.5. The van der Waals surface area contributed by atoms with E-state index in [0.29, 0.717) is 6.04 Å². The predicted octanol–water partition coefficient (Wildman–Crippen LogP) is 3.08. The molecule has 1 aliphatic heterocycles. The van der Waals surface area contributed by atoms with Gasteiger partial charge >= 0.3 is 0 Å². The molecule has 2 unspecified atom stereocenters. The molecule has 19 heavy (non-hydrogen) atoms. The highest BCUT2D eigenvalue weighted by atomic mass is 16.2. The van der Waals surface area contributed by atoms with Crippen LogP contribution in [0.5, 0.6) is 0 Å². The quantitative estimate of drug-likeness (QED) is 0.882. The SMILES string of the molecule is CCC1NC(c2ccccc2)N(C(CC)CC)C1=O. The Morgan fingerprint density at radius 1 is 1.16 bits per heavy atom. The average molecular weight is 260 g/mol. The van der Waals surface area contributed by atoms with Crippen LogP contribution in [0.25, 0.3) is 0 Å². The van der Waals surface area contributed by atoms with Crippen molar-refractivity contribution < 1.29 is 4.79 Å². The van der Waals surface area contributed by atoms with Crippen LogP contribution in [0.15, 0.2) is 30.3 Å². The van der Waals surface area contributed by atoms with Crippen molar-refractivity contribution in [3.05, 3.63) is 35.9 Å². The molecule has 0 aromatic heterocycles. The van der Waals surface area contributed by atoms with E-state index >= 15 is 0 Å². The molecule has 1 aliphatic rings. The van der Waals surface area contributed by atoms with Crippen molar-refractivity contribution in [1.82, 2.24) is 10.2 Å². The van der Waals surface area contributed by atoms with E-state index < -0.39 is 0 Å². The van der Waals surface area contributed by atoms with Gasteiger partial charge in [0.15, 0.2) is 0 Å². The molecule has 104 valence electrons. The maximum Gasteiger partial charge on any atom is 0.241 e. The van der Waals surface area contributed by atoms with E-state index in [-0.39, 0.29) is 18.1 Å². The van der Waals surface area contributed by atoms with Gasteiger partial charge in [0.1, 0.15) is 6.17 Å². The molecular formula is C16H24N2O. The number of nitrogens with zero attached hydrogens (tertiary/aromatic N) is 1. The summed E-state index contributed by atoms with van der Waals surface area (Å²) in [5.41, 5.74) is 1.18. The molecule has 1 fully saturated rings. The first-order valence-electron chi connectivity index (χ1n) is 7.36. The van der Waals surface area contributed by atoms with Gasteiger partial charge in [-0.25, -0.2) is 0 Å². The summed E-state index contributed by atoms with van der Waals surface area (Å²) in [6, 6.07) is 10.6. The minimum absolute atomic E-state index is 0.0311. The highest BCUT2D eigenvalue weighted by molar-refractivity contribution is 5.84. The second kappa shape index (κ2) is 6.20. The molecule has 1 heterocycles. The fourth-order valence-electron chi connectivity index (χ4n) is 2.91. The van der Waals surface area contributed by atoms with Crippen molar-refractivity contribution in [2.24, 2.45) is 0 Å². The topological polar surface area (TPSA) is 32.3 Å². The number of benzene rings is 1. The van der Waals surface area contributed by atoms with Gasteiger partial charge in [-0.15, -0.1) is 0 Å². The Labute approximate surface area is 116 Å². The van der Waals surface area contributed by atoms with Crippen LogP contribution in [0.1, 0.15) is 51.8 Å². The molecule has 3 nitrogen and oxygen atoms in total. The standard InChI is InChI=1S/C16H24N2O/c1-4-13(5-2)18-15(12-10-8-7-9-11-12)17-14(6-3)16(18)19/h7-11,13-15,17H,4-6H2,1-3H3. The lowest BCUT2D eigenvalue weighted by Gasteiger charge is -2.31. The highest BCUT2D eigenvalue weighted by Gasteiger charge is 2.41. The van der Waals surface area contributed by atoms with E-state index in [1.807, 2.05) is 18.2 Å². The lowest BCUT2D eigenvalue weighted by Crippen LogP contribution is -2.39. The first-order chi connectivity index (χ1) is 9.22. The van der Waals surface area contributed by atoms with Gasteiger partial charge in [0.2, 0.25) is 5.91 Å². The summed E-state index contributed by atoms with van der Waals surface area (Å²) in [5.74, 6) is 0.255. The third-order valence-corrected chi connectivity index (χ3v) is 4.05. The molecule has 1 saturated heterocycles. The first-order valence-corrected chi connectivity index (χ1v) is 7.36. The van der Waals surface area contributed by atoms with Crippen molar-refractivity contribution in [2.75, 3.05) is 0 Å². The number of hydrogen-bond acceptors (Lipinski definition) is 2. The Bertz CT molecular complexity index is 414. The molecule has 1 amide bonds. The summed E-state index contributed by atoms with van der Waals surface area (Å²) >= 11 is 0. The maximum atomic E-state index is 12.5. The minimum atomic E-state index is -0.0363. The third-order valence-electron chi connectivity index (χ3n) is 4.05. The Morgan fingerprint density at radius 2 is 1.79 bits per heavy atom. The molecule has 0 aliphatic carbocycles. The predicted molar refractivity (Wildman–Crippen MR) is 77.6 cm³/mol. The third kappa shape index (κ3) is 2.66. The van der Waals surface area contributed by atoms with Crippen molar-refractivity contribution in [3.8, 4) is 0 Å². The molecule has 2 rings (SSSR count). The van der Waals surface area contributed by atoms with Gasteiger partial charge in [-0.2, -0.15) is 0 Å². The van der Waals surface area contributed by atoms with Gasteiger partial charge in [-0.1, -0.05) is 51.1 Å². The zero-order chi connectivity index (χ0) is 13.8. The summed E-state index contributed by atoms with van der Waals surface area (Å²) in [6.07, 6.45) is 2.88. The average Bonchev–Trinajstić information content (AvgIpc) is 2.79. The summed E-state index contributed by atoms with van der Waals surface area (Å²) in [7, 11) is 0. The Kier molecular flexibility index (Phi) is 4.59. The van der Waals surface area contributed by atoms with E-state index in [1.165, 1.54) is 5.56 Å². The van der Waals surface area contributed by atoms with Crippen LogP contribution in [0.3, 0.4) is 0 Å².